The van der Waals surface area contributed by atoms with Crippen molar-refractivity contribution in [2.45, 2.75) is 25.3 Å². The first-order valence-corrected chi connectivity index (χ1v) is 9.89. The van der Waals surface area contributed by atoms with E-state index >= 15 is 0 Å². The molecule has 1 N–H and O–H groups in total. The molecule has 0 aliphatic carbocycles. The molecule has 0 aromatic carbocycles. The summed E-state index contributed by atoms with van der Waals surface area (Å²) < 4.78 is 0. The molecule has 27 heavy (non-hydrogen) atoms. The zero-order chi connectivity index (χ0) is 18.5. The van der Waals surface area contributed by atoms with Gasteiger partial charge < -0.3 is 5.32 Å². The summed E-state index contributed by atoms with van der Waals surface area (Å²) in [7, 11) is 0. The number of piperidine rings is 1. The number of nitrogens with one attached hydrogen (secondary N) is 1. The summed E-state index contributed by atoms with van der Waals surface area (Å²) in [4.78, 5) is 15.8. The first kappa shape index (κ1) is 17.6. The van der Waals surface area contributed by atoms with Gasteiger partial charge in [-0.25, -0.2) is 9.97 Å². The first-order chi connectivity index (χ1) is 13.3. The Labute approximate surface area is 162 Å². The molecule has 0 unspecified atom stereocenters. The normalized spacial score (nSPS) is 17.4. The number of aromatic nitrogens is 3. The molecule has 3 aromatic rings. The summed E-state index contributed by atoms with van der Waals surface area (Å²) in [5, 5.41) is 15.1. The Morgan fingerprint density at radius 1 is 1.26 bits per heavy atom. The zero-order valence-corrected chi connectivity index (χ0v) is 15.7. The number of anilines is 2. The third-order valence-corrected chi connectivity index (χ3v) is 5.46. The van der Waals surface area contributed by atoms with Crippen molar-refractivity contribution in [2.24, 2.45) is 0 Å². The highest BCUT2D eigenvalue weighted by molar-refractivity contribution is 7.13. The number of thiazole rings is 1. The maximum Gasteiger partial charge on any atom is 0.187 e. The van der Waals surface area contributed by atoms with Crippen LogP contribution in [-0.2, 0) is 6.54 Å². The van der Waals surface area contributed by atoms with Crippen molar-refractivity contribution in [1.82, 2.24) is 19.9 Å². The molecule has 1 saturated heterocycles. The molecule has 1 aliphatic rings. The van der Waals surface area contributed by atoms with Crippen LogP contribution in [0.5, 0.6) is 0 Å². The van der Waals surface area contributed by atoms with Crippen LogP contribution < -0.4 is 5.32 Å². The van der Waals surface area contributed by atoms with Crippen molar-refractivity contribution >= 4 is 22.2 Å². The number of rotatable bonds is 5. The lowest BCUT2D eigenvalue weighted by atomic mass is 9.95. The van der Waals surface area contributed by atoms with Crippen LogP contribution in [0.15, 0.2) is 48.1 Å². The first-order valence-electron chi connectivity index (χ1n) is 9.01. The average molecular weight is 376 g/mol. The smallest absolute Gasteiger partial charge is 0.187 e. The van der Waals surface area contributed by atoms with Gasteiger partial charge in [-0.3, -0.25) is 9.88 Å². The monoisotopic (exact) mass is 376 g/mol. The number of pyridine rings is 2. The molecule has 136 valence electrons. The number of hydrogen-bond acceptors (Lipinski definition) is 7. The maximum atomic E-state index is 8.83. The minimum atomic E-state index is 0.413. The highest BCUT2D eigenvalue weighted by Gasteiger charge is 2.23. The van der Waals surface area contributed by atoms with Crippen molar-refractivity contribution in [2.75, 3.05) is 18.4 Å². The van der Waals surface area contributed by atoms with Crippen LogP contribution in [0.3, 0.4) is 0 Å². The Bertz CT molecular complexity index is 916. The van der Waals surface area contributed by atoms with Crippen LogP contribution in [0.1, 0.15) is 35.8 Å². The molecule has 1 fully saturated rings. The molecule has 3 aromatic heterocycles. The van der Waals surface area contributed by atoms with Gasteiger partial charge in [0, 0.05) is 30.6 Å². The Hall–Kier alpha value is -2.82. The van der Waals surface area contributed by atoms with Crippen LogP contribution in [0, 0.1) is 11.3 Å². The van der Waals surface area contributed by atoms with Gasteiger partial charge in [-0.05, 0) is 43.7 Å². The largest absolute Gasteiger partial charge is 0.330 e. The summed E-state index contributed by atoms with van der Waals surface area (Å²) >= 11 is 1.61. The number of nitriles is 1. The van der Waals surface area contributed by atoms with Crippen molar-refractivity contribution in [3.05, 3.63) is 65.2 Å². The summed E-state index contributed by atoms with van der Waals surface area (Å²) in [6.07, 6.45) is 5.86. The molecule has 0 radical (unpaired) electrons. The number of likely N-dealkylation sites (tertiary alicyclic amines) is 1. The van der Waals surface area contributed by atoms with Crippen LogP contribution in [-0.4, -0.2) is 32.9 Å². The van der Waals surface area contributed by atoms with Gasteiger partial charge in [0.15, 0.2) is 5.13 Å². The van der Waals surface area contributed by atoms with E-state index in [-0.39, 0.29) is 0 Å². The summed E-state index contributed by atoms with van der Waals surface area (Å²) in [5.74, 6) is 0.452. The predicted octanol–water partition coefficient (Wildman–Crippen LogP) is 3.93. The minimum Gasteiger partial charge on any atom is -0.330 e. The molecule has 1 atom stereocenters. The van der Waals surface area contributed by atoms with Gasteiger partial charge in [0.2, 0.25) is 0 Å². The fraction of sp³-hybridized carbons (Fsp3) is 0.300. The maximum absolute atomic E-state index is 8.83. The number of hydrogen-bond donors (Lipinski definition) is 1. The van der Waals surface area contributed by atoms with E-state index in [2.05, 4.69) is 31.6 Å². The Morgan fingerprint density at radius 3 is 3.00 bits per heavy atom. The van der Waals surface area contributed by atoms with E-state index in [1.54, 1.807) is 23.6 Å². The molecule has 0 bridgehead atoms. The SMILES string of the molecule is N#Cc1ccc(Nc2nc([C@@H]3CCCN(Cc4ccccn4)C3)cs2)cn1. The van der Waals surface area contributed by atoms with Gasteiger partial charge in [0.25, 0.3) is 0 Å². The van der Waals surface area contributed by atoms with Gasteiger partial charge in [0.05, 0.1) is 23.3 Å². The van der Waals surface area contributed by atoms with Crippen LogP contribution in [0.2, 0.25) is 0 Å². The molecule has 0 amide bonds. The minimum absolute atomic E-state index is 0.413. The van der Waals surface area contributed by atoms with Gasteiger partial charge >= 0.3 is 0 Å². The van der Waals surface area contributed by atoms with Crippen LogP contribution in [0.25, 0.3) is 0 Å². The molecule has 1 aliphatic heterocycles. The lowest BCUT2D eigenvalue weighted by Crippen LogP contribution is -2.34. The average Bonchev–Trinajstić information content (AvgIpc) is 3.18. The van der Waals surface area contributed by atoms with Crippen molar-refractivity contribution < 1.29 is 0 Å². The highest BCUT2D eigenvalue weighted by Crippen LogP contribution is 2.31. The second-order valence-corrected chi connectivity index (χ2v) is 7.50. The van der Waals surface area contributed by atoms with E-state index in [1.807, 2.05) is 30.5 Å². The van der Waals surface area contributed by atoms with Crippen LogP contribution in [0.4, 0.5) is 10.8 Å². The van der Waals surface area contributed by atoms with E-state index in [1.165, 1.54) is 12.8 Å². The fourth-order valence-corrected chi connectivity index (χ4v) is 4.16. The quantitative estimate of drug-likeness (QED) is 0.727. The third-order valence-electron chi connectivity index (χ3n) is 4.69. The number of nitrogens with zero attached hydrogens (tertiary/aromatic N) is 5. The van der Waals surface area contributed by atoms with Crippen molar-refractivity contribution in [1.29, 1.82) is 5.26 Å². The van der Waals surface area contributed by atoms with Gasteiger partial charge in [0.1, 0.15) is 11.8 Å². The van der Waals surface area contributed by atoms with Gasteiger partial charge in [-0.2, -0.15) is 5.26 Å². The van der Waals surface area contributed by atoms with Gasteiger partial charge in [-0.15, -0.1) is 11.3 Å². The fourth-order valence-electron chi connectivity index (χ4n) is 3.35. The molecule has 4 rings (SSSR count). The topological polar surface area (TPSA) is 77.7 Å². The molecule has 0 spiro atoms. The molecule has 7 heteroatoms. The van der Waals surface area contributed by atoms with E-state index < -0.39 is 0 Å². The van der Waals surface area contributed by atoms with E-state index in [0.717, 1.165) is 41.8 Å². The lowest BCUT2D eigenvalue weighted by molar-refractivity contribution is 0.197. The zero-order valence-electron chi connectivity index (χ0n) is 14.9. The molecule has 6 nitrogen and oxygen atoms in total. The second kappa shape index (κ2) is 8.25. The molecular formula is C20H20N6S. The van der Waals surface area contributed by atoms with Crippen molar-refractivity contribution in [3.8, 4) is 6.07 Å². The Kier molecular flexibility index (Phi) is 5.37. The second-order valence-electron chi connectivity index (χ2n) is 6.64. The molecule has 0 saturated carbocycles. The molecule has 4 heterocycles. The predicted molar refractivity (Wildman–Crippen MR) is 106 cm³/mol. The molecular weight excluding hydrogens is 356 g/mol. The summed E-state index contributed by atoms with van der Waals surface area (Å²) in [6.45, 7) is 3.01. The summed E-state index contributed by atoms with van der Waals surface area (Å²) in [6, 6.07) is 11.7. The van der Waals surface area contributed by atoms with E-state index in [0.29, 0.717) is 11.6 Å². The summed E-state index contributed by atoms with van der Waals surface area (Å²) in [5.41, 5.74) is 3.52. The van der Waals surface area contributed by atoms with Gasteiger partial charge in [-0.1, -0.05) is 6.07 Å². The standard InChI is InChI=1S/C20H20N6S/c21-10-16-6-7-17(11-23-16)24-20-25-19(14-27-20)15-4-3-9-26(12-15)13-18-5-1-2-8-22-18/h1-2,5-8,11,14-15H,3-4,9,12-13H2,(H,24,25)/t15-/m1/s1. The van der Waals surface area contributed by atoms with E-state index in [9.17, 15) is 0 Å². The van der Waals surface area contributed by atoms with Crippen molar-refractivity contribution in [3.63, 3.8) is 0 Å². The Balaban J connectivity index is 1.39. The third kappa shape index (κ3) is 4.48. The highest BCUT2D eigenvalue weighted by atomic mass is 32.1. The van der Waals surface area contributed by atoms with E-state index in [4.69, 9.17) is 10.2 Å². The van der Waals surface area contributed by atoms with Crippen LogP contribution >= 0.6 is 11.3 Å². The lowest BCUT2D eigenvalue weighted by Gasteiger charge is -2.31. The Morgan fingerprint density at radius 2 is 2.22 bits per heavy atom.